The maximum absolute atomic E-state index is 10.3. The Balaban J connectivity index is 3.00. The lowest BCUT2D eigenvalue weighted by Crippen LogP contribution is -2.08. The van der Waals surface area contributed by atoms with Gasteiger partial charge in [0.15, 0.2) is 0 Å². The molecule has 6 heteroatoms. The van der Waals surface area contributed by atoms with E-state index >= 15 is 0 Å². The van der Waals surface area contributed by atoms with Crippen molar-refractivity contribution in [3.8, 4) is 0 Å². The number of amides is 1. The lowest BCUT2D eigenvalue weighted by molar-refractivity contribution is 0.209. The Kier molecular flexibility index (Phi) is 3.10. The summed E-state index contributed by atoms with van der Waals surface area (Å²) in [7, 11) is 0. The number of aromatic nitrogens is 1. The van der Waals surface area contributed by atoms with Crippen LogP contribution in [-0.4, -0.2) is 16.2 Å². The first-order valence-electron chi connectivity index (χ1n) is 2.91. The molecule has 0 bridgehead atoms. The zero-order valence-electron chi connectivity index (χ0n) is 5.71. The summed E-state index contributed by atoms with van der Waals surface area (Å²) in [5.74, 6) is 0. The molecule has 0 aliphatic rings. The summed E-state index contributed by atoms with van der Waals surface area (Å²) in [5.41, 5.74) is 0.447. The van der Waals surface area contributed by atoms with Crippen molar-refractivity contribution in [1.29, 1.82) is 0 Å². The van der Waals surface area contributed by atoms with Crippen LogP contribution in [0.15, 0.2) is 12.3 Å². The minimum Gasteiger partial charge on any atom is -0.465 e. The predicted octanol–water partition coefficient (Wildman–Crippen LogP) is 2.43. The number of carbonyl (C=O) groups is 1. The van der Waals surface area contributed by atoms with Crippen LogP contribution in [0.5, 0.6) is 0 Å². The van der Waals surface area contributed by atoms with Crippen molar-refractivity contribution in [2.75, 3.05) is 5.32 Å². The highest BCUT2D eigenvalue weighted by Crippen LogP contribution is 2.23. The van der Waals surface area contributed by atoms with E-state index in [9.17, 15) is 4.79 Å². The second-order valence-electron chi connectivity index (χ2n) is 1.89. The molecule has 1 heterocycles. The second-order valence-corrected chi connectivity index (χ2v) is 3.33. The Morgan fingerprint density at radius 2 is 2.42 bits per heavy atom. The second kappa shape index (κ2) is 3.90. The van der Waals surface area contributed by atoms with Crippen LogP contribution in [-0.2, 0) is 0 Å². The summed E-state index contributed by atoms with van der Waals surface area (Å²) in [6.45, 7) is 0. The predicted molar refractivity (Wildman–Crippen MR) is 53.6 cm³/mol. The topological polar surface area (TPSA) is 62.2 Å². The van der Waals surface area contributed by atoms with E-state index in [1.165, 1.54) is 6.20 Å². The molecule has 0 aliphatic carbocycles. The van der Waals surface area contributed by atoms with Crippen molar-refractivity contribution in [3.63, 3.8) is 0 Å². The molecule has 1 rings (SSSR count). The molecule has 0 saturated heterocycles. The summed E-state index contributed by atoms with van der Waals surface area (Å²) in [6, 6.07) is 1.54. The molecule has 0 aromatic carbocycles. The molecule has 0 fully saturated rings. The Hall–Kier alpha value is -0.560. The molecule has 12 heavy (non-hydrogen) atoms. The highest BCUT2D eigenvalue weighted by molar-refractivity contribution is 14.1. The maximum Gasteiger partial charge on any atom is 0.409 e. The summed E-state index contributed by atoms with van der Waals surface area (Å²) in [4.78, 5) is 14.0. The number of nitrogens with one attached hydrogen (secondary N) is 1. The molecule has 0 unspecified atom stereocenters. The van der Waals surface area contributed by atoms with E-state index < -0.39 is 6.09 Å². The summed E-state index contributed by atoms with van der Waals surface area (Å²) in [6.07, 6.45) is 0.325. The number of halogens is 2. The molecule has 1 amide bonds. The SMILES string of the molecule is O=C(O)Nc1ccnc(Cl)c1I. The van der Waals surface area contributed by atoms with E-state index in [1.807, 2.05) is 22.6 Å². The molecule has 0 spiro atoms. The third-order valence-corrected chi connectivity index (χ3v) is 2.79. The van der Waals surface area contributed by atoms with Gasteiger partial charge in [-0.2, -0.15) is 0 Å². The zero-order chi connectivity index (χ0) is 9.14. The molecule has 0 atom stereocenters. The van der Waals surface area contributed by atoms with Gasteiger partial charge in [0.1, 0.15) is 5.15 Å². The summed E-state index contributed by atoms with van der Waals surface area (Å²) in [5, 5.41) is 10.9. The molecule has 2 N–H and O–H groups in total. The molecule has 1 aromatic heterocycles. The van der Waals surface area contributed by atoms with E-state index in [2.05, 4.69) is 10.3 Å². The van der Waals surface area contributed by atoms with Crippen LogP contribution >= 0.6 is 34.2 Å². The van der Waals surface area contributed by atoms with E-state index in [4.69, 9.17) is 16.7 Å². The summed E-state index contributed by atoms with van der Waals surface area (Å²) < 4.78 is 0.596. The van der Waals surface area contributed by atoms with Crippen LogP contribution in [0.1, 0.15) is 0 Å². The fourth-order valence-corrected chi connectivity index (χ4v) is 1.24. The van der Waals surface area contributed by atoms with Gasteiger partial charge >= 0.3 is 6.09 Å². The maximum atomic E-state index is 10.3. The van der Waals surface area contributed by atoms with Crippen molar-refractivity contribution in [2.24, 2.45) is 0 Å². The van der Waals surface area contributed by atoms with Crippen LogP contribution in [0.2, 0.25) is 5.15 Å². The zero-order valence-corrected chi connectivity index (χ0v) is 8.63. The van der Waals surface area contributed by atoms with Gasteiger partial charge in [-0.3, -0.25) is 5.32 Å². The Morgan fingerprint density at radius 1 is 1.75 bits per heavy atom. The number of nitrogens with zero attached hydrogens (tertiary/aromatic N) is 1. The highest BCUT2D eigenvalue weighted by Gasteiger charge is 2.06. The monoisotopic (exact) mass is 298 g/mol. The van der Waals surface area contributed by atoms with E-state index in [0.29, 0.717) is 14.4 Å². The van der Waals surface area contributed by atoms with Crippen molar-refractivity contribution < 1.29 is 9.90 Å². The fourth-order valence-electron chi connectivity index (χ4n) is 0.630. The van der Waals surface area contributed by atoms with Crippen LogP contribution in [0.3, 0.4) is 0 Å². The van der Waals surface area contributed by atoms with Crippen molar-refractivity contribution in [3.05, 3.63) is 21.0 Å². The van der Waals surface area contributed by atoms with Gasteiger partial charge in [-0.1, -0.05) is 11.6 Å². The normalized spacial score (nSPS) is 9.50. The van der Waals surface area contributed by atoms with E-state index in [-0.39, 0.29) is 0 Å². The standard InChI is InChI=1S/C6H4ClIN2O2/c7-5-4(8)3(1-2-9-5)10-6(11)12/h1-2H,(H,9,10)(H,11,12). The number of rotatable bonds is 1. The first kappa shape index (κ1) is 9.53. The molecule has 0 radical (unpaired) electrons. The van der Waals surface area contributed by atoms with Crippen molar-refractivity contribution in [1.82, 2.24) is 4.98 Å². The van der Waals surface area contributed by atoms with E-state index in [1.54, 1.807) is 6.07 Å². The Bertz CT molecular complexity index is 318. The van der Waals surface area contributed by atoms with Crippen LogP contribution in [0.25, 0.3) is 0 Å². The molecule has 4 nitrogen and oxygen atoms in total. The van der Waals surface area contributed by atoms with Crippen molar-refractivity contribution in [2.45, 2.75) is 0 Å². The molecule has 1 aromatic rings. The van der Waals surface area contributed by atoms with Crippen LogP contribution < -0.4 is 5.32 Å². The summed E-state index contributed by atoms with van der Waals surface area (Å²) >= 11 is 7.56. The average Bonchev–Trinajstić information content (AvgIpc) is 1.98. The number of hydrogen-bond donors (Lipinski definition) is 2. The highest BCUT2D eigenvalue weighted by atomic mass is 127. The largest absolute Gasteiger partial charge is 0.465 e. The average molecular weight is 298 g/mol. The molecule has 0 aliphatic heterocycles. The van der Waals surface area contributed by atoms with Crippen molar-refractivity contribution >= 4 is 46.0 Å². The van der Waals surface area contributed by atoms with Crippen LogP contribution in [0, 0.1) is 3.57 Å². The fraction of sp³-hybridized carbons (Fsp3) is 0. The third-order valence-electron chi connectivity index (χ3n) is 1.09. The first-order chi connectivity index (χ1) is 5.61. The van der Waals surface area contributed by atoms with Gasteiger partial charge in [-0.25, -0.2) is 9.78 Å². The van der Waals surface area contributed by atoms with Gasteiger partial charge in [0.25, 0.3) is 0 Å². The third kappa shape index (κ3) is 2.21. The van der Waals surface area contributed by atoms with Gasteiger partial charge < -0.3 is 5.11 Å². The molecule has 64 valence electrons. The Labute approximate surface area is 87.1 Å². The quantitative estimate of drug-likeness (QED) is 0.618. The van der Waals surface area contributed by atoms with E-state index in [0.717, 1.165) is 0 Å². The number of anilines is 1. The van der Waals surface area contributed by atoms with Gasteiger partial charge in [0.2, 0.25) is 0 Å². The number of carboxylic acid groups (broad SMARTS) is 1. The number of hydrogen-bond acceptors (Lipinski definition) is 2. The minimum absolute atomic E-state index is 0.293. The van der Waals surface area contributed by atoms with Gasteiger partial charge in [-0.15, -0.1) is 0 Å². The first-order valence-corrected chi connectivity index (χ1v) is 4.37. The lowest BCUT2D eigenvalue weighted by Gasteiger charge is -2.03. The Morgan fingerprint density at radius 3 is 3.00 bits per heavy atom. The molecular formula is C6H4ClIN2O2. The van der Waals surface area contributed by atoms with Gasteiger partial charge in [-0.05, 0) is 28.7 Å². The smallest absolute Gasteiger partial charge is 0.409 e. The molecular weight excluding hydrogens is 294 g/mol. The van der Waals surface area contributed by atoms with Gasteiger partial charge in [0, 0.05) is 6.20 Å². The minimum atomic E-state index is -1.12. The number of pyridine rings is 1. The molecule has 0 saturated carbocycles. The van der Waals surface area contributed by atoms with Gasteiger partial charge in [0.05, 0.1) is 9.26 Å². The van der Waals surface area contributed by atoms with Crippen LogP contribution in [0.4, 0.5) is 10.5 Å². The lowest BCUT2D eigenvalue weighted by atomic mass is 10.4.